The quantitative estimate of drug-likeness (QED) is 0.727. The molecule has 6 heteroatoms. The minimum Gasteiger partial charge on any atom is -0.480 e. The van der Waals surface area contributed by atoms with Gasteiger partial charge in [-0.1, -0.05) is 5.16 Å². The lowest BCUT2D eigenvalue weighted by molar-refractivity contribution is -0.143. The second kappa shape index (κ2) is 3.49. The predicted octanol–water partition coefficient (Wildman–Crippen LogP) is 0.268. The van der Waals surface area contributed by atoms with E-state index in [9.17, 15) is 9.59 Å². The van der Waals surface area contributed by atoms with Crippen molar-refractivity contribution >= 4 is 11.9 Å². The molecule has 0 aliphatic rings. The lowest BCUT2D eigenvalue weighted by Crippen LogP contribution is -2.49. The Hall–Kier alpha value is -1.85. The zero-order chi connectivity index (χ0) is 10.8. The molecule has 0 aromatic carbocycles. The molecule has 6 nitrogen and oxygen atoms in total. The molecule has 76 valence electrons. The molecule has 0 aliphatic carbocycles. The van der Waals surface area contributed by atoms with Crippen LogP contribution in [0.2, 0.25) is 0 Å². The van der Waals surface area contributed by atoms with E-state index in [2.05, 4.69) is 15.0 Å². The molecule has 0 saturated carbocycles. The number of carbonyl (C=O) groups is 2. The van der Waals surface area contributed by atoms with Gasteiger partial charge in [-0.15, -0.1) is 0 Å². The Balaban J connectivity index is 2.71. The summed E-state index contributed by atoms with van der Waals surface area (Å²) < 4.78 is 4.45. The van der Waals surface area contributed by atoms with E-state index in [1.807, 2.05) is 0 Å². The lowest BCUT2D eigenvalue weighted by Gasteiger charge is -2.19. The highest BCUT2D eigenvalue weighted by molar-refractivity contribution is 5.95. The van der Waals surface area contributed by atoms with Crippen LogP contribution in [0.5, 0.6) is 0 Å². The topological polar surface area (TPSA) is 92.4 Å². The standard InChI is InChI=1S/C8H10N2O4/c1-8(2,7(12)13)9-6(11)5-3-4-14-10-5/h3-4H,1-2H3,(H,9,11)(H,12,13). The van der Waals surface area contributed by atoms with Gasteiger partial charge < -0.3 is 14.9 Å². The fourth-order valence-electron chi connectivity index (χ4n) is 0.731. The number of carbonyl (C=O) groups excluding carboxylic acids is 1. The Morgan fingerprint density at radius 2 is 2.21 bits per heavy atom. The Kier molecular flexibility index (Phi) is 2.55. The maximum atomic E-state index is 11.3. The third kappa shape index (κ3) is 2.09. The first-order chi connectivity index (χ1) is 6.43. The van der Waals surface area contributed by atoms with Crippen molar-refractivity contribution in [2.45, 2.75) is 19.4 Å². The molecule has 0 radical (unpaired) electrons. The van der Waals surface area contributed by atoms with Crippen LogP contribution in [0.1, 0.15) is 24.3 Å². The van der Waals surface area contributed by atoms with Gasteiger partial charge in [-0.2, -0.15) is 0 Å². The maximum Gasteiger partial charge on any atom is 0.328 e. The second-order valence-corrected chi connectivity index (χ2v) is 3.27. The van der Waals surface area contributed by atoms with Gasteiger partial charge in [-0.25, -0.2) is 4.79 Å². The van der Waals surface area contributed by atoms with Crippen LogP contribution >= 0.6 is 0 Å². The molecule has 0 saturated heterocycles. The largest absolute Gasteiger partial charge is 0.480 e. The van der Waals surface area contributed by atoms with Gasteiger partial charge in [0.2, 0.25) is 0 Å². The van der Waals surface area contributed by atoms with E-state index in [0.717, 1.165) is 0 Å². The van der Waals surface area contributed by atoms with Gasteiger partial charge in [0.15, 0.2) is 5.69 Å². The number of aromatic nitrogens is 1. The molecule has 0 aliphatic heterocycles. The molecule has 0 atom stereocenters. The summed E-state index contributed by atoms with van der Waals surface area (Å²) in [4.78, 5) is 22.0. The highest BCUT2D eigenvalue weighted by Crippen LogP contribution is 2.04. The van der Waals surface area contributed by atoms with Gasteiger partial charge in [0, 0.05) is 6.07 Å². The molecule has 0 bridgehead atoms. The highest BCUT2D eigenvalue weighted by Gasteiger charge is 2.29. The van der Waals surface area contributed by atoms with Crippen molar-refractivity contribution in [3.05, 3.63) is 18.0 Å². The van der Waals surface area contributed by atoms with Crippen LogP contribution in [0.25, 0.3) is 0 Å². The Morgan fingerprint density at radius 3 is 2.64 bits per heavy atom. The van der Waals surface area contributed by atoms with Gasteiger partial charge in [-0.05, 0) is 13.8 Å². The van der Waals surface area contributed by atoms with Crippen LogP contribution in [-0.4, -0.2) is 27.7 Å². The first kappa shape index (κ1) is 10.2. The van der Waals surface area contributed by atoms with E-state index in [4.69, 9.17) is 5.11 Å². The number of rotatable bonds is 3. The van der Waals surface area contributed by atoms with E-state index in [0.29, 0.717) is 0 Å². The summed E-state index contributed by atoms with van der Waals surface area (Å²) in [7, 11) is 0. The number of hydrogen-bond donors (Lipinski definition) is 2. The third-order valence-corrected chi connectivity index (χ3v) is 1.63. The molecule has 1 aromatic rings. The van der Waals surface area contributed by atoms with E-state index >= 15 is 0 Å². The second-order valence-electron chi connectivity index (χ2n) is 3.27. The van der Waals surface area contributed by atoms with E-state index in [1.165, 1.54) is 26.2 Å². The fraction of sp³-hybridized carbons (Fsp3) is 0.375. The summed E-state index contributed by atoms with van der Waals surface area (Å²) in [6, 6.07) is 1.35. The SMILES string of the molecule is CC(C)(NC(=O)c1ccon1)C(=O)O. The lowest BCUT2D eigenvalue weighted by atomic mass is 10.1. The molecule has 1 heterocycles. The normalized spacial score (nSPS) is 11.0. The monoisotopic (exact) mass is 198 g/mol. The molecule has 1 amide bonds. The van der Waals surface area contributed by atoms with E-state index in [-0.39, 0.29) is 5.69 Å². The molecule has 0 spiro atoms. The van der Waals surface area contributed by atoms with Crippen molar-refractivity contribution in [2.75, 3.05) is 0 Å². The molecular weight excluding hydrogens is 188 g/mol. The number of hydrogen-bond acceptors (Lipinski definition) is 4. The molecule has 0 unspecified atom stereocenters. The van der Waals surface area contributed by atoms with Crippen LogP contribution in [0.15, 0.2) is 16.9 Å². The number of carboxylic acids is 1. The van der Waals surface area contributed by atoms with Gasteiger partial charge in [0.1, 0.15) is 11.8 Å². The van der Waals surface area contributed by atoms with Gasteiger partial charge in [-0.3, -0.25) is 4.79 Å². The van der Waals surface area contributed by atoms with Gasteiger partial charge in [0.05, 0.1) is 0 Å². The molecule has 2 N–H and O–H groups in total. The van der Waals surface area contributed by atoms with E-state index in [1.54, 1.807) is 0 Å². The van der Waals surface area contributed by atoms with Crippen LogP contribution in [-0.2, 0) is 4.79 Å². The molecule has 14 heavy (non-hydrogen) atoms. The van der Waals surface area contributed by atoms with Crippen LogP contribution in [0.4, 0.5) is 0 Å². The van der Waals surface area contributed by atoms with Crippen molar-refractivity contribution < 1.29 is 19.2 Å². The van der Waals surface area contributed by atoms with Crippen molar-refractivity contribution in [1.29, 1.82) is 0 Å². The molecular formula is C8H10N2O4. The summed E-state index contributed by atoms with van der Waals surface area (Å²) in [5.74, 6) is -1.69. The number of aliphatic carboxylic acids is 1. The van der Waals surface area contributed by atoms with Crippen molar-refractivity contribution in [1.82, 2.24) is 10.5 Å². The first-order valence-electron chi connectivity index (χ1n) is 3.90. The van der Waals surface area contributed by atoms with Crippen molar-refractivity contribution in [3.8, 4) is 0 Å². The average molecular weight is 198 g/mol. The smallest absolute Gasteiger partial charge is 0.328 e. The summed E-state index contributed by atoms with van der Waals surface area (Å²) >= 11 is 0. The summed E-state index contributed by atoms with van der Waals surface area (Å²) in [5, 5.41) is 14.4. The fourth-order valence-corrected chi connectivity index (χ4v) is 0.731. The Bertz CT molecular complexity index is 342. The van der Waals surface area contributed by atoms with Crippen LogP contribution in [0, 0.1) is 0 Å². The zero-order valence-electron chi connectivity index (χ0n) is 7.77. The summed E-state index contributed by atoms with van der Waals surface area (Å²) in [5.41, 5.74) is -1.27. The van der Waals surface area contributed by atoms with Gasteiger partial charge >= 0.3 is 5.97 Å². The minimum atomic E-state index is -1.32. The predicted molar refractivity (Wildman–Crippen MR) is 45.7 cm³/mol. The van der Waals surface area contributed by atoms with Crippen LogP contribution in [0.3, 0.4) is 0 Å². The number of carboxylic acid groups (broad SMARTS) is 1. The Labute approximate surface area is 79.9 Å². The van der Waals surface area contributed by atoms with Crippen molar-refractivity contribution in [2.24, 2.45) is 0 Å². The van der Waals surface area contributed by atoms with Crippen molar-refractivity contribution in [3.63, 3.8) is 0 Å². The summed E-state index contributed by atoms with van der Waals surface area (Å²) in [6.45, 7) is 2.76. The maximum absolute atomic E-state index is 11.3. The van der Waals surface area contributed by atoms with Gasteiger partial charge in [0.25, 0.3) is 5.91 Å². The number of amides is 1. The first-order valence-corrected chi connectivity index (χ1v) is 3.90. The van der Waals surface area contributed by atoms with E-state index < -0.39 is 17.4 Å². The zero-order valence-corrected chi connectivity index (χ0v) is 7.77. The average Bonchev–Trinajstić information content (AvgIpc) is 2.54. The number of nitrogens with one attached hydrogen (secondary N) is 1. The highest BCUT2D eigenvalue weighted by atomic mass is 16.5. The molecule has 0 fully saturated rings. The molecule has 1 rings (SSSR count). The molecule has 1 aromatic heterocycles. The van der Waals surface area contributed by atoms with Crippen LogP contribution < -0.4 is 5.32 Å². The Morgan fingerprint density at radius 1 is 1.57 bits per heavy atom. The third-order valence-electron chi connectivity index (χ3n) is 1.63. The summed E-state index contributed by atoms with van der Waals surface area (Å²) in [6.07, 6.45) is 1.24. The minimum absolute atomic E-state index is 0.0549. The number of nitrogens with zero attached hydrogens (tertiary/aromatic N) is 1.